The van der Waals surface area contributed by atoms with E-state index in [1.807, 2.05) is 18.4 Å². The molecule has 0 aliphatic heterocycles. The third kappa shape index (κ3) is 5.72. The molecule has 1 amide bonds. The molecule has 2 rings (SSSR count). The van der Waals surface area contributed by atoms with Gasteiger partial charge in [0, 0.05) is 5.38 Å². The third-order valence-electron chi connectivity index (χ3n) is 2.84. The van der Waals surface area contributed by atoms with Gasteiger partial charge in [-0.3, -0.25) is 9.59 Å². The van der Waals surface area contributed by atoms with Crippen LogP contribution in [0.25, 0.3) is 0 Å². The van der Waals surface area contributed by atoms with Crippen LogP contribution in [0.1, 0.15) is 31.3 Å². The minimum Gasteiger partial charge on any atom is -0.467 e. The minimum absolute atomic E-state index is 0.0963. The number of carbonyl (C=O) groups excluding carboxylic acids is 2. The summed E-state index contributed by atoms with van der Waals surface area (Å²) in [5.74, 6) is 0.590. The first-order chi connectivity index (χ1) is 11.1. The van der Waals surface area contributed by atoms with Crippen LogP contribution >= 0.6 is 23.1 Å². The van der Waals surface area contributed by atoms with E-state index in [1.165, 1.54) is 23.1 Å². The maximum atomic E-state index is 11.9. The number of furan rings is 1. The van der Waals surface area contributed by atoms with Gasteiger partial charge in [-0.15, -0.1) is 11.3 Å². The lowest BCUT2D eigenvalue weighted by molar-refractivity contribution is -0.142. The Labute approximate surface area is 142 Å². The number of hydrogen-bond acceptors (Lipinski definition) is 7. The second-order valence-corrected chi connectivity index (χ2v) is 6.76. The molecular weight excluding hydrogens is 336 g/mol. The molecule has 0 unspecified atom stereocenters. The summed E-state index contributed by atoms with van der Waals surface area (Å²) in [5.41, 5.74) is 0.667. The van der Waals surface area contributed by atoms with E-state index in [9.17, 15) is 9.59 Å². The highest BCUT2D eigenvalue weighted by Crippen LogP contribution is 2.23. The lowest BCUT2D eigenvalue weighted by Crippen LogP contribution is -2.27. The zero-order valence-corrected chi connectivity index (χ0v) is 14.5. The van der Waals surface area contributed by atoms with E-state index >= 15 is 0 Å². The van der Waals surface area contributed by atoms with E-state index in [4.69, 9.17) is 9.15 Å². The standard InChI is InChI=1S/C15H18N2O4S2/c1-3-20-14(19)7-11-8-22-15(17-11)23-9-13(18)16-10(2)12-5-4-6-21-12/h4-6,8,10H,3,7,9H2,1-2H3,(H,16,18)/t10-/m0/s1. The lowest BCUT2D eigenvalue weighted by atomic mass is 10.2. The minimum atomic E-state index is -0.292. The number of esters is 1. The Morgan fingerprint density at radius 2 is 2.35 bits per heavy atom. The Balaban J connectivity index is 1.76. The molecule has 124 valence electrons. The fraction of sp³-hybridized carbons (Fsp3) is 0.400. The van der Waals surface area contributed by atoms with Gasteiger partial charge < -0.3 is 14.5 Å². The van der Waals surface area contributed by atoms with E-state index in [0.29, 0.717) is 18.1 Å². The molecule has 0 spiro atoms. The van der Waals surface area contributed by atoms with Crippen molar-refractivity contribution in [3.63, 3.8) is 0 Å². The molecule has 0 aliphatic rings. The normalized spacial score (nSPS) is 11.9. The number of amides is 1. The van der Waals surface area contributed by atoms with Crippen LogP contribution < -0.4 is 5.32 Å². The van der Waals surface area contributed by atoms with E-state index < -0.39 is 0 Å². The van der Waals surface area contributed by atoms with Gasteiger partial charge in [0.15, 0.2) is 4.34 Å². The monoisotopic (exact) mass is 354 g/mol. The summed E-state index contributed by atoms with van der Waals surface area (Å²) < 4.78 is 10.9. The highest BCUT2D eigenvalue weighted by atomic mass is 32.2. The quantitative estimate of drug-likeness (QED) is 0.580. The highest BCUT2D eigenvalue weighted by molar-refractivity contribution is 8.01. The Morgan fingerprint density at radius 3 is 3.04 bits per heavy atom. The molecule has 0 bridgehead atoms. The average Bonchev–Trinajstić information content (AvgIpc) is 3.17. The maximum absolute atomic E-state index is 11.9. The Kier molecular flexibility index (Phi) is 6.66. The largest absolute Gasteiger partial charge is 0.467 e. The van der Waals surface area contributed by atoms with Crippen LogP contribution in [0.3, 0.4) is 0 Å². The van der Waals surface area contributed by atoms with Gasteiger partial charge in [0.25, 0.3) is 0 Å². The van der Waals surface area contributed by atoms with Crippen molar-refractivity contribution in [3.8, 4) is 0 Å². The number of nitrogens with one attached hydrogen (secondary N) is 1. The number of thiazole rings is 1. The third-order valence-corrected chi connectivity index (χ3v) is 4.91. The van der Waals surface area contributed by atoms with Crippen LogP contribution in [-0.4, -0.2) is 29.2 Å². The zero-order chi connectivity index (χ0) is 16.7. The number of aromatic nitrogens is 1. The van der Waals surface area contributed by atoms with Gasteiger partial charge in [0.1, 0.15) is 5.76 Å². The van der Waals surface area contributed by atoms with Crippen molar-refractivity contribution < 1.29 is 18.7 Å². The van der Waals surface area contributed by atoms with Crippen LogP contribution in [0.15, 0.2) is 32.5 Å². The summed E-state index contributed by atoms with van der Waals surface area (Å²) in [6.07, 6.45) is 1.74. The predicted molar refractivity (Wildman–Crippen MR) is 88.4 cm³/mol. The van der Waals surface area contributed by atoms with Gasteiger partial charge in [-0.25, -0.2) is 4.98 Å². The molecule has 1 atom stereocenters. The van der Waals surface area contributed by atoms with E-state index in [1.54, 1.807) is 19.3 Å². The van der Waals surface area contributed by atoms with Gasteiger partial charge in [-0.1, -0.05) is 11.8 Å². The van der Waals surface area contributed by atoms with E-state index in [0.717, 1.165) is 4.34 Å². The molecule has 0 saturated heterocycles. The molecular formula is C15H18N2O4S2. The van der Waals surface area contributed by atoms with Crippen molar-refractivity contribution in [2.75, 3.05) is 12.4 Å². The van der Waals surface area contributed by atoms with Crippen molar-refractivity contribution >= 4 is 35.0 Å². The first-order valence-corrected chi connectivity index (χ1v) is 9.00. The van der Waals surface area contributed by atoms with Gasteiger partial charge in [0.2, 0.25) is 5.91 Å². The number of nitrogens with zero attached hydrogens (tertiary/aromatic N) is 1. The number of hydrogen-bond donors (Lipinski definition) is 1. The van der Waals surface area contributed by atoms with Crippen molar-refractivity contribution in [3.05, 3.63) is 35.2 Å². The van der Waals surface area contributed by atoms with Gasteiger partial charge in [-0.2, -0.15) is 0 Å². The molecule has 0 aromatic carbocycles. The first kappa shape index (κ1) is 17.6. The molecule has 2 aromatic heterocycles. The van der Waals surface area contributed by atoms with Crippen molar-refractivity contribution in [1.29, 1.82) is 0 Å². The number of rotatable bonds is 8. The summed E-state index contributed by atoms with van der Waals surface area (Å²) >= 11 is 2.76. The summed E-state index contributed by atoms with van der Waals surface area (Å²) in [6.45, 7) is 3.99. The van der Waals surface area contributed by atoms with Crippen LogP contribution in [-0.2, 0) is 20.7 Å². The molecule has 23 heavy (non-hydrogen) atoms. The Morgan fingerprint density at radius 1 is 1.52 bits per heavy atom. The molecule has 1 N–H and O–H groups in total. The number of carbonyl (C=O) groups is 2. The average molecular weight is 354 g/mol. The van der Waals surface area contributed by atoms with Gasteiger partial charge >= 0.3 is 5.97 Å². The Bertz CT molecular complexity index is 640. The molecule has 2 heterocycles. The van der Waals surface area contributed by atoms with E-state index in [-0.39, 0.29) is 30.1 Å². The molecule has 2 aromatic rings. The number of thioether (sulfide) groups is 1. The second-order valence-electron chi connectivity index (χ2n) is 4.68. The predicted octanol–water partition coefficient (Wildman–Crippen LogP) is 2.81. The smallest absolute Gasteiger partial charge is 0.311 e. The molecule has 8 heteroatoms. The van der Waals surface area contributed by atoms with Crippen LogP contribution in [0.5, 0.6) is 0 Å². The topological polar surface area (TPSA) is 81.4 Å². The first-order valence-electron chi connectivity index (χ1n) is 7.14. The SMILES string of the molecule is CCOC(=O)Cc1csc(SCC(=O)N[C@@H](C)c2ccco2)n1. The van der Waals surface area contributed by atoms with Crippen molar-refractivity contribution in [2.24, 2.45) is 0 Å². The molecule has 0 aliphatic carbocycles. The van der Waals surface area contributed by atoms with Gasteiger partial charge in [0.05, 0.1) is 36.8 Å². The molecule has 0 saturated carbocycles. The van der Waals surface area contributed by atoms with Gasteiger partial charge in [-0.05, 0) is 26.0 Å². The lowest BCUT2D eigenvalue weighted by Gasteiger charge is -2.10. The summed E-state index contributed by atoms with van der Waals surface area (Å²) in [6, 6.07) is 3.43. The molecule has 0 fully saturated rings. The molecule has 0 radical (unpaired) electrons. The zero-order valence-electron chi connectivity index (χ0n) is 12.9. The van der Waals surface area contributed by atoms with E-state index in [2.05, 4.69) is 10.3 Å². The summed E-state index contributed by atoms with van der Waals surface area (Å²) in [5, 5.41) is 4.67. The van der Waals surface area contributed by atoms with Crippen LogP contribution in [0.2, 0.25) is 0 Å². The molecule has 6 nitrogen and oxygen atoms in total. The fourth-order valence-electron chi connectivity index (χ4n) is 1.81. The highest BCUT2D eigenvalue weighted by Gasteiger charge is 2.13. The van der Waals surface area contributed by atoms with Crippen LogP contribution in [0, 0.1) is 0 Å². The fourth-order valence-corrected chi connectivity index (χ4v) is 3.47. The van der Waals surface area contributed by atoms with Crippen molar-refractivity contribution in [1.82, 2.24) is 10.3 Å². The maximum Gasteiger partial charge on any atom is 0.311 e. The summed E-state index contributed by atoms with van der Waals surface area (Å²) in [4.78, 5) is 27.6. The summed E-state index contributed by atoms with van der Waals surface area (Å²) in [7, 11) is 0. The van der Waals surface area contributed by atoms with Crippen molar-refractivity contribution in [2.45, 2.75) is 30.6 Å². The van der Waals surface area contributed by atoms with Crippen LogP contribution in [0.4, 0.5) is 0 Å². The second kappa shape index (κ2) is 8.73. The number of ether oxygens (including phenoxy) is 1. The Hall–Kier alpha value is -1.80.